The third kappa shape index (κ3) is 4.72. The summed E-state index contributed by atoms with van der Waals surface area (Å²) in [7, 11) is 0. The van der Waals surface area contributed by atoms with Crippen LogP contribution in [0.3, 0.4) is 0 Å². The molecule has 0 aliphatic carbocycles. The number of fused-ring (bicyclic) bond motifs is 1. The molecular weight excluding hydrogens is 387 g/mol. The Morgan fingerprint density at radius 1 is 1.18 bits per heavy atom. The van der Waals surface area contributed by atoms with Crippen molar-refractivity contribution in [2.75, 3.05) is 31.6 Å². The van der Waals surface area contributed by atoms with Crippen molar-refractivity contribution in [2.45, 2.75) is 13.3 Å². The van der Waals surface area contributed by atoms with Gasteiger partial charge >= 0.3 is 0 Å². The molecule has 0 saturated carbocycles. The van der Waals surface area contributed by atoms with E-state index in [0.717, 1.165) is 0 Å². The Labute approximate surface area is 167 Å². The van der Waals surface area contributed by atoms with E-state index in [-0.39, 0.29) is 35.4 Å². The first-order chi connectivity index (χ1) is 13.5. The van der Waals surface area contributed by atoms with Crippen LogP contribution in [-0.4, -0.2) is 43.0 Å². The highest BCUT2D eigenvalue weighted by Gasteiger charge is 2.20. The maximum Gasteiger partial charge on any atom is 0.243 e. The van der Waals surface area contributed by atoms with E-state index in [4.69, 9.17) is 21.1 Å². The molecule has 8 heteroatoms. The number of hydrogen-bond acceptors (Lipinski definition) is 4. The van der Waals surface area contributed by atoms with Crippen molar-refractivity contribution in [3.8, 4) is 11.5 Å². The van der Waals surface area contributed by atoms with E-state index in [1.54, 1.807) is 25.1 Å². The molecular formula is C20H20ClFN2O4. The van der Waals surface area contributed by atoms with Gasteiger partial charge in [-0.15, -0.1) is 0 Å². The molecule has 3 rings (SSSR count). The molecule has 0 radical (unpaired) electrons. The number of ether oxygens (including phenoxy) is 2. The van der Waals surface area contributed by atoms with Gasteiger partial charge in [-0.3, -0.25) is 9.59 Å². The van der Waals surface area contributed by atoms with Crippen LogP contribution in [0.2, 0.25) is 5.02 Å². The number of halogens is 2. The molecule has 1 heterocycles. The smallest absolute Gasteiger partial charge is 0.243 e. The maximum atomic E-state index is 13.9. The fraction of sp³-hybridized carbons (Fsp3) is 0.300. The third-order valence-corrected chi connectivity index (χ3v) is 4.64. The summed E-state index contributed by atoms with van der Waals surface area (Å²) < 4.78 is 24.8. The predicted octanol–water partition coefficient (Wildman–Crippen LogP) is 3.28. The van der Waals surface area contributed by atoms with Crippen molar-refractivity contribution in [1.29, 1.82) is 0 Å². The molecule has 2 amide bonds. The van der Waals surface area contributed by atoms with Gasteiger partial charge in [-0.2, -0.15) is 0 Å². The number of carbonyl (C=O) groups is 2. The van der Waals surface area contributed by atoms with Gasteiger partial charge in [-0.1, -0.05) is 17.7 Å². The number of nitrogens with one attached hydrogen (secondary N) is 1. The normalized spacial score (nSPS) is 12.4. The van der Waals surface area contributed by atoms with Gasteiger partial charge in [-0.05, 0) is 31.2 Å². The fourth-order valence-corrected chi connectivity index (χ4v) is 3.07. The minimum absolute atomic E-state index is 0.125. The third-order valence-electron chi connectivity index (χ3n) is 4.28. The second kappa shape index (κ2) is 8.93. The van der Waals surface area contributed by atoms with E-state index in [9.17, 15) is 14.0 Å². The van der Waals surface area contributed by atoms with Crippen LogP contribution < -0.4 is 14.8 Å². The van der Waals surface area contributed by atoms with E-state index in [0.29, 0.717) is 36.9 Å². The molecule has 0 fully saturated rings. The predicted molar refractivity (Wildman–Crippen MR) is 103 cm³/mol. The van der Waals surface area contributed by atoms with Gasteiger partial charge in [0.1, 0.15) is 19.0 Å². The SMILES string of the molecule is CCN(CC(=O)Nc1ccc2c(c1)OCCO2)C(=O)Cc1c(F)cccc1Cl. The number of rotatable bonds is 6. The minimum atomic E-state index is -0.544. The summed E-state index contributed by atoms with van der Waals surface area (Å²) in [6.07, 6.45) is -0.212. The van der Waals surface area contributed by atoms with E-state index in [1.807, 2.05) is 0 Å². The molecule has 0 bridgehead atoms. The molecule has 0 saturated heterocycles. The molecule has 0 aromatic heterocycles. The molecule has 1 N–H and O–H groups in total. The number of carbonyl (C=O) groups excluding carboxylic acids is 2. The van der Waals surface area contributed by atoms with E-state index < -0.39 is 5.82 Å². The summed E-state index contributed by atoms with van der Waals surface area (Å²) in [6, 6.07) is 9.33. The lowest BCUT2D eigenvalue weighted by Crippen LogP contribution is -2.38. The Morgan fingerprint density at radius 3 is 2.64 bits per heavy atom. The molecule has 0 unspecified atom stereocenters. The van der Waals surface area contributed by atoms with Crippen LogP contribution in [0.1, 0.15) is 12.5 Å². The minimum Gasteiger partial charge on any atom is -0.486 e. The quantitative estimate of drug-likeness (QED) is 0.799. The Balaban J connectivity index is 1.62. The number of benzene rings is 2. The molecule has 0 atom stereocenters. The molecule has 0 spiro atoms. The van der Waals surface area contributed by atoms with Crippen molar-refractivity contribution >= 4 is 29.1 Å². The lowest BCUT2D eigenvalue weighted by molar-refractivity contribution is -0.133. The van der Waals surface area contributed by atoms with Crippen LogP contribution in [0.4, 0.5) is 10.1 Å². The second-order valence-corrected chi connectivity index (χ2v) is 6.60. The molecule has 1 aliphatic heterocycles. The summed E-state index contributed by atoms with van der Waals surface area (Å²) >= 11 is 5.98. The Morgan fingerprint density at radius 2 is 1.93 bits per heavy atom. The number of hydrogen-bond donors (Lipinski definition) is 1. The van der Waals surface area contributed by atoms with Crippen molar-refractivity contribution in [2.24, 2.45) is 0 Å². The molecule has 2 aromatic carbocycles. The lowest BCUT2D eigenvalue weighted by atomic mass is 10.1. The standard InChI is InChI=1S/C20H20ClFN2O4/c1-2-24(20(26)11-14-15(21)4-3-5-16(14)22)12-19(25)23-13-6-7-17-18(10-13)28-9-8-27-17/h3-7,10H,2,8-9,11-12H2,1H3,(H,23,25). The molecule has 28 heavy (non-hydrogen) atoms. The van der Waals surface area contributed by atoms with E-state index >= 15 is 0 Å². The summed E-state index contributed by atoms with van der Waals surface area (Å²) in [6.45, 7) is 2.83. The van der Waals surface area contributed by atoms with Crippen LogP contribution in [0.5, 0.6) is 11.5 Å². The molecule has 148 valence electrons. The fourth-order valence-electron chi connectivity index (χ4n) is 2.84. The number of anilines is 1. The monoisotopic (exact) mass is 406 g/mol. The lowest BCUT2D eigenvalue weighted by Gasteiger charge is -2.22. The Bertz CT molecular complexity index is 870. The topological polar surface area (TPSA) is 67.9 Å². The van der Waals surface area contributed by atoms with Crippen LogP contribution >= 0.6 is 11.6 Å². The summed E-state index contributed by atoms with van der Waals surface area (Å²) in [4.78, 5) is 26.2. The van der Waals surface area contributed by atoms with E-state index in [1.165, 1.54) is 23.1 Å². The highest BCUT2D eigenvalue weighted by Crippen LogP contribution is 2.32. The first-order valence-corrected chi connectivity index (χ1v) is 9.26. The first-order valence-electron chi connectivity index (χ1n) is 8.88. The van der Waals surface area contributed by atoms with Crippen LogP contribution in [-0.2, 0) is 16.0 Å². The molecule has 2 aromatic rings. The van der Waals surface area contributed by atoms with Crippen LogP contribution in [0.25, 0.3) is 0 Å². The number of nitrogens with zero attached hydrogens (tertiary/aromatic N) is 1. The summed E-state index contributed by atoms with van der Waals surface area (Å²) in [5.41, 5.74) is 0.662. The van der Waals surface area contributed by atoms with Crippen molar-refractivity contribution in [3.63, 3.8) is 0 Å². The van der Waals surface area contributed by atoms with Crippen LogP contribution in [0.15, 0.2) is 36.4 Å². The zero-order valence-electron chi connectivity index (χ0n) is 15.3. The molecule has 1 aliphatic rings. The number of amides is 2. The first kappa shape index (κ1) is 19.9. The zero-order valence-corrected chi connectivity index (χ0v) is 16.1. The van der Waals surface area contributed by atoms with Crippen molar-refractivity contribution in [3.05, 3.63) is 52.8 Å². The average molecular weight is 407 g/mol. The Kier molecular flexibility index (Phi) is 6.36. The Hall–Kier alpha value is -2.80. The van der Waals surface area contributed by atoms with Gasteiger partial charge in [0.25, 0.3) is 0 Å². The summed E-state index contributed by atoms with van der Waals surface area (Å²) in [5.74, 6) is -0.117. The van der Waals surface area contributed by atoms with Gasteiger partial charge in [0.15, 0.2) is 11.5 Å². The maximum absolute atomic E-state index is 13.9. The largest absolute Gasteiger partial charge is 0.486 e. The zero-order chi connectivity index (χ0) is 20.1. The summed E-state index contributed by atoms with van der Waals surface area (Å²) in [5, 5.41) is 2.92. The van der Waals surface area contributed by atoms with Crippen molar-refractivity contribution < 1.29 is 23.5 Å². The van der Waals surface area contributed by atoms with Gasteiger partial charge in [0, 0.05) is 28.9 Å². The van der Waals surface area contributed by atoms with Gasteiger partial charge in [0.2, 0.25) is 11.8 Å². The van der Waals surface area contributed by atoms with Crippen molar-refractivity contribution in [1.82, 2.24) is 4.90 Å². The number of likely N-dealkylation sites (N-methyl/N-ethyl adjacent to an activating group) is 1. The van der Waals surface area contributed by atoms with E-state index in [2.05, 4.69) is 5.32 Å². The van der Waals surface area contributed by atoms with Gasteiger partial charge in [0.05, 0.1) is 13.0 Å². The van der Waals surface area contributed by atoms with Crippen LogP contribution in [0, 0.1) is 5.82 Å². The van der Waals surface area contributed by atoms with Gasteiger partial charge < -0.3 is 19.7 Å². The van der Waals surface area contributed by atoms with Gasteiger partial charge in [-0.25, -0.2) is 4.39 Å². The highest BCUT2D eigenvalue weighted by molar-refractivity contribution is 6.31. The highest BCUT2D eigenvalue weighted by atomic mass is 35.5. The average Bonchev–Trinajstić information content (AvgIpc) is 2.68. The second-order valence-electron chi connectivity index (χ2n) is 6.19. The molecule has 6 nitrogen and oxygen atoms in total.